The number of anilines is 1. The summed E-state index contributed by atoms with van der Waals surface area (Å²) in [4.78, 5) is 23.8. The van der Waals surface area contributed by atoms with E-state index in [1.54, 1.807) is 18.3 Å². The summed E-state index contributed by atoms with van der Waals surface area (Å²) in [6.07, 6.45) is 3.37. The second kappa shape index (κ2) is 5.79. The summed E-state index contributed by atoms with van der Waals surface area (Å²) in [7, 11) is 0. The maximum absolute atomic E-state index is 11.7. The van der Waals surface area contributed by atoms with Crippen LogP contribution in [0.3, 0.4) is 0 Å². The summed E-state index contributed by atoms with van der Waals surface area (Å²) < 4.78 is 0.571. The lowest BCUT2D eigenvalue weighted by Crippen LogP contribution is -2.12. The first-order chi connectivity index (χ1) is 8.65. The van der Waals surface area contributed by atoms with E-state index in [-0.39, 0.29) is 24.5 Å². The van der Waals surface area contributed by atoms with Gasteiger partial charge < -0.3 is 5.32 Å². The molecule has 0 atom stereocenters. The number of amides is 1. The van der Waals surface area contributed by atoms with Gasteiger partial charge >= 0.3 is 0 Å². The Hall–Kier alpha value is -1.66. The van der Waals surface area contributed by atoms with Crippen molar-refractivity contribution in [3.63, 3.8) is 0 Å². The van der Waals surface area contributed by atoms with Crippen LogP contribution >= 0.6 is 22.9 Å². The standard InChI is InChI=1S/C11H10ClN3O2S/c12-10-3-2-9(18-10)8(16)1-4-11(17)15-7-5-13-14-6-7/h2-3,5-6H,1,4H2,(H,13,14)(H,15,17). The van der Waals surface area contributed by atoms with Gasteiger partial charge in [-0.05, 0) is 12.1 Å². The molecule has 1 amide bonds. The van der Waals surface area contributed by atoms with Crippen LogP contribution in [0, 0.1) is 0 Å². The SMILES string of the molecule is O=C(CCC(=O)c1ccc(Cl)s1)Nc1cn[nH]c1. The largest absolute Gasteiger partial charge is 0.323 e. The Morgan fingerprint density at radius 3 is 2.83 bits per heavy atom. The van der Waals surface area contributed by atoms with Gasteiger partial charge in [-0.2, -0.15) is 5.10 Å². The number of Topliss-reactive ketones (excluding diaryl/α,β-unsaturated/α-hetero) is 1. The number of aromatic amines is 1. The molecule has 2 aromatic heterocycles. The van der Waals surface area contributed by atoms with Crippen LogP contribution in [0.1, 0.15) is 22.5 Å². The van der Waals surface area contributed by atoms with Crippen molar-refractivity contribution in [1.29, 1.82) is 0 Å². The zero-order valence-electron chi connectivity index (χ0n) is 9.27. The Bertz CT molecular complexity index is 550. The fraction of sp³-hybridized carbons (Fsp3) is 0.182. The quantitative estimate of drug-likeness (QED) is 0.829. The van der Waals surface area contributed by atoms with E-state index in [0.29, 0.717) is 14.9 Å². The van der Waals surface area contributed by atoms with Crippen LogP contribution in [0.15, 0.2) is 24.5 Å². The topological polar surface area (TPSA) is 74.8 Å². The fourth-order valence-corrected chi connectivity index (χ4v) is 2.37. The number of aromatic nitrogens is 2. The second-order valence-corrected chi connectivity index (χ2v) is 5.28. The van der Waals surface area contributed by atoms with Gasteiger partial charge in [-0.3, -0.25) is 14.7 Å². The van der Waals surface area contributed by atoms with E-state index in [0.717, 1.165) is 0 Å². The number of hydrogen-bond acceptors (Lipinski definition) is 4. The molecule has 2 heterocycles. The first-order valence-corrected chi connectivity index (χ1v) is 6.42. The molecule has 0 aliphatic carbocycles. The summed E-state index contributed by atoms with van der Waals surface area (Å²) >= 11 is 6.96. The van der Waals surface area contributed by atoms with Gasteiger partial charge in [-0.1, -0.05) is 11.6 Å². The van der Waals surface area contributed by atoms with Gasteiger partial charge in [0.15, 0.2) is 5.78 Å². The van der Waals surface area contributed by atoms with E-state index in [1.165, 1.54) is 17.5 Å². The molecule has 7 heteroatoms. The number of nitrogens with one attached hydrogen (secondary N) is 2. The zero-order valence-corrected chi connectivity index (χ0v) is 10.8. The number of thiophene rings is 1. The van der Waals surface area contributed by atoms with Crippen molar-refractivity contribution < 1.29 is 9.59 Å². The molecule has 2 aromatic rings. The molecule has 0 radical (unpaired) electrons. The minimum absolute atomic E-state index is 0.0748. The van der Waals surface area contributed by atoms with Gasteiger partial charge in [-0.15, -0.1) is 11.3 Å². The Balaban J connectivity index is 1.81. The van der Waals surface area contributed by atoms with Gasteiger partial charge in [0.05, 0.1) is 21.1 Å². The normalized spacial score (nSPS) is 10.3. The Labute approximate surface area is 112 Å². The van der Waals surface area contributed by atoms with E-state index in [9.17, 15) is 9.59 Å². The van der Waals surface area contributed by atoms with E-state index >= 15 is 0 Å². The molecule has 94 valence electrons. The van der Waals surface area contributed by atoms with Gasteiger partial charge in [0, 0.05) is 19.0 Å². The molecule has 0 saturated carbocycles. The summed E-state index contributed by atoms with van der Waals surface area (Å²) in [5.74, 6) is -0.290. The van der Waals surface area contributed by atoms with Crippen LogP contribution in [-0.4, -0.2) is 21.9 Å². The van der Waals surface area contributed by atoms with E-state index in [4.69, 9.17) is 11.6 Å². The van der Waals surface area contributed by atoms with Crippen molar-refractivity contribution in [1.82, 2.24) is 10.2 Å². The van der Waals surface area contributed by atoms with Crippen LogP contribution in [0.5, 0.6) is 0 Å². The summed E-state index contributed by atoms with van der Waals surface area (Å²) in [6.45, 7) is 0. The summed E-state index contributed by atoms with van der Waals surface area (Å²) in [5, 5.41) is 8.91. The van der Waals surface area contributed by atoms with Crippen LogP contribution in [0.2, 0.25) is 4.34 Å². The minimum Gasteiger partial charge on any atom is -0.323 e. The Morgan fingerprint density at radius 1 is 1.39 bits per heavy atom. The minimum atomic E-state index is -0.215. The van der Waals surface area contributed by atoms with Crippen molar-refractivity contribution in [3.8, 4) is 0 Å². The highest BCUT2D eigenvalue weighted by molar-refractivity contribution is 7.18. The lowest BCUT2D eigenvalue weighted by Gasteiger charge is -2.00. The maximum Gasteiger partial charge on any atom is 0.224 e. The molecule has 0 aliphatic rings. The van der Waals surface area contributed by atoms with Gasteiger partial charge in [-0.25, -0.2) is 0 Å². The van der Waals surface area contributed by atoms with Gasteiger partial charge in [0.2, 0.25) is 5.91 Å². The summed E-state index contributed by atoms with van der Waals surface area (Å²) in [6, 6.07) is 3.34. The molecule has 0 unspecified atom stereocenters. The van der Waals surface area contributed by atoms with Crippen LogP contribution in [0.4, 0.5) is 5.69 Å². The Morgan fingerprint density at radius 2 is 2.22 bits per heavy atom. The highest BCUT2D eigenvalue weighted by atomic mass is 35.5. The molecule has 2 rings (SSSR count). The lowest BCUT2D eigenvalue weighted by molar-refractivity contribution is -0.116. The van der Waals surface area contributed by atoms with Crippen molar-refractivity contribution in [2.75, 3.05) is 5.32 Å². The molecule has 0 fully saturated rings. The third-order valence-electron chi connectivity index (χ3n) is 2.21. The van der Waals surface area contributed by atoms with Gasteiger partial charge in [0.25, 0.3) is 0 Å². The molecule has 0 aromatic carbocycles. The second-order valence-electron chi connectivity index (χ2n) is 3.56. The molecule has 0 bridgehead atoms. The smallest absolute Gasteiger partial charge is 0.224 e. The molecular weight excluding hydrogens is 274 g/mol. The van der Waals surface area contributed by atoms with Gasteiger partial charge in [0.1, 0.15) is 0 Å². The predicted molar refractivity (Wildman–Crippen MR) is 70.1 cm³/mol. The zero-order chi connectivity index (χ0) is 13.0. The molecule has 5 nitrogen and oxygen atoms in total. The van der Waals surface area contributed by atoms with Crippen molar-refractivity contribution in [2.24, 2.45) is 0 Å². The third kappa shape index (κ3) is 3.41. The molecule has 0 saturated heterocycles. The highest BCUT2D eigenvalue weighted by Crippen LogP contribution is 2.22. The number of hydrogen-bond donors (Lipinski definition) is 2. The number of ketones is 1. The van der Waals surface area contributed by atoms with Crippen LogP contribution in [-0.2, 0) is 4.79 Å². The first kappa shape index (κ1) is 12.8. The van der Waals surface area contributed by atoms with Crippen molar-refractivity contribution in [3.05, 3.63) is 33.7 Å². The van der Waals surface area contributed by atoms with Crippen LogP contribution in [0.25, 0.3) is 0 Å². The lowest BCUT2D eigenvalue weighted by atomic mass is 10.2. The molecular formula is C11H10ClN3O2S. The maximum atomic E-state index is 11.7. The molecule has 0 aliphatic heterocycles. The number of H-pyrrole nitrogens is 1. The predicted octanol–water partition coefficient (Wildman–Crippen LogP) is 2.73. The number of nitrogens with zero attached hydrogens (tertiary/aromatic N) is 1. The monoisotopic (exact) mass is 283 g/mol. The molecule has 0 spiro atoms. The van der Waals surface area contributed by atoms with E-state index < -0.39 is 0 Å². The average Bonchev–Trinajstić information content (AvgIpc) is 2.97. The van der Waals surface area contributed by atoms with E-state index in [2.05, 4.69) is 15.5 Å². The first-order valence-electron chi connectivity index (χ1n) is 5.22. The molecule has 18 heavy (non-hydrogen) atoms. The highest BCUT2D eigenvalue weighted by Gasteiger charge is 2.11. The number of halogens is 1. The molecule has 2 N–H and O–H groups in total. The van der Waals surface area contributed by atoms with E-state index in [1.807, 2.05) is 0 Å². The van der Waals surface area contributed by atoms with Crippen LogP contribution < -0.4 is 5.32 Å². The average molecular weight is 284 g/mol. The fourth-order valence-electron chi connectivity index (χ4n) is 1.36. The van der Waals surface area contributed by atoms with Crippen molar-refractivity contribution in [2.45, 2.75) is 12.8 Å². The van der Waals surface area contributed by atoms with Crippen molar-refractivity contribution >= 4 is 40.3 Å². The number of rotatable bonds is 5. The third-order valence-corrected chi connectivity index (χ3v) is 3.48. The summed E-state index contributed by atoms with van der Waals surface area (Å²) in [5.41, 5.74) is 0.589. The Kier molecular flexibility index (Phi) is 4.11. The number of carbonyl (C=O) groups is 2. The number of carbonyl (C=O) groups excluding carboxylic acids is 2.